The quantitative estimate of drug-likeness (QED) is 0.465. The lowest BCUT2D eigenvalue weighted by Crippen LogP contribution is -2.15. The Morgan fingerprint density at radius 3 is 2.37 bits per heavy atom. The van der Waals surface area contributed by atoms with Crippen molar-refractivity contribution in [2.75, 3.05) is 0 Å². The van der Waals surface area contributed by atoms with Gasteiger partial charge in [0.1, 0.15) is 0 Å². The Hall–Kier alpha value is -2.64. The van der Waals surface area contributed by atoms with Crippen molar-refractivity contribution in [2.24, 2.45) is 0 Å². The van der Waals surface area contributed by atoms with Crippen LogP contribution in [0.5, 0.6) is 0 Å². The summed E-state index contributed by atoms with van der Waals surface area (Å²) in [6.45, 7) is 9.26. The molecule has 0 aromatic heterocycles. The van der Waals surface area contributed by atoms with Crippen molar-refractivity contribution in [1.82, 2.24) is 0 Å². The Morgan fingerprint density at radius 2 is 1.57 bits per heavy atom. The summed E-state index contributed by atoms with van der Waals surface area (Å²) >= 11 is 0. The zero-order chi connectivity index (χ0) is 20.8. The number of fused-ring (bicyclic) bond motifs is 1. The van der Waals surface area contributed by atoms with Gasteiger partial charge in [-0.2, -0.15) is 0 Å². The van der Waals surface area contributed by atoms with Crippen LogP contribution in [0.3, 0.4) is 0 Å². The van der Waals surface area contributed by atoms with Gasteiger partial charge in [0.15, 0.2) is 0 Å². The molecule has 3 aliphatic carbocycles. The van der Waals surface area contributed by atoms with E-state index in [2.05, 4.69) is 107 Å². The number of rotatable bonds is 3. The van der Waals surface area contributed by atoms with Gasteiger partial charge in [-0.3, -0.25) is 0 Å². The Bertz CT molecular complexity index is 1150. The molecule has 2 aromatic carbocycles. The second-order valence-corrected chi connectivity index (χ2v) is 10.3. The van der Waals surface area contributed by atoms with Crippen molar-refractivity contribution in [3.05, 3.63) is 123 Å². The number of hydrogen-bond donors (Lipinski definition) is 0. The third kappa shape index (κ3) is 3.04. The van der Waals surface area contributed by atoms with Gasteiger partial charge in [-0.1, -0.05) is 90.1 Å². The molecule has 0 bridgehead atoms. The Labute approximate surface area is 183 Å². The maximum atomic E-state index is 2.47. The fraction of sp³-hybridized carbons (Fsp3) is 0.241. The monoisotopic (exact) mass is 404 g/mol. The molecule has 0 aliphatic heterocycles. The molecule has 30 heavy (non-hydrogen) atoms. The molecule has 0 saturated carbocycles. The zero-order valence-electron chi connectivity index (χ0n) is 18.2. The Kier molecular flexibility index (Phi) is 4.87. The minimum atomic E-state index is 0.345. The largest absolute Gasteiger partial charge is 0.0726 e. The summed E-state index contributed by atoms with van der Waals surface area (Å²) in [4.78, 5) is 0. The van der Waals surface area contributed by atoms with E-state index in [1.165, 1.54) is 39.0 Å². The average molecular weight is 405 g/mol. The first-order chi connectivity index (χ1) is 14.6. The van der Waals surface area contributed by atoms with Gasteiger partial charge in [0, 0.05) is 5.92 Å². The summed E-state index contributed by atoms with van der Waals surface area (Å²) in [5, 5.41) is 0. The highest BCUT2D eigenvalue weighted by Gasteiger charge is 2.35. The van der Waals surface area contributed by atoms with Crippen LogP contribution >= 0.6 is 0 Å². The number of allylic oxidation sites excluding steroid dienone is 10. The first kappa shape index (κ1) is 19.3. The third-order valence-electron chi connectivity index (χ3n) is 7.02. The van der Waals surface area contributed by atoms with Gasteiger partial charge in [0.2, 0.25) is 0 Å². The summed E-state index contributed by atoms with van der Waals surface area (Å²) in [5.41, 5.74) is 14.5. The van der Waals surface area contributed by atoms with E-state index in [4.69, 9.17) is 0 Å². The van der Waals surface area contributed by atoms with Crippen LogP contribution in [0.25, 0.3) is 5.57 Å². The maximum absolute atomic E-state index is 2.47. The average Bonchev–Trinajstić information content (AvgIpc) is 3.08. The van der Waals surface area contributed by atoms with Gasteiger partial charge in [-0.15, -0.1) is 0 Å². The summed E-state index contributed by atoms with van der Waals surface area (Å²) in [7, 11) is 0.841. The van der Waals surface area contributed by atoms with Gasteiger partial charge in [0.25, 0.3) is 0 Å². The number of aryl methyl sites for hydroxylation is 1. The molecule has 0 saturated heterocycles. The predicted molar refractivity (Wildman–Crippen MR) is 130 cm³/mol. The highest BCUT2D eigenvalue weighted by molar-refractivity contribution is 6.44. The van der Waals surface area contributed by atoms with Crippen molar-refractivity contribution in [1.29, 1.82) is 0 Å². The predicted octanol–water partition coefficient (Wildman–Crippen LogP) is 7.50. The maximum Gasteiger partial charge on any atom is 0.0677 e. The molecule has 0 fully saturated rings. The lowest BCUT2D eigenvalue weighted by molar-refractivity contribution is 1.01. The minimum absolute atomic E-state index is 0.345. The second kappa shape index (κ2) is 7.56. The summed E-state index contributed by atoms with van der Waals surface area (Å²) in [5.74, 6) is 0.345. The van der Waals surface area contributed by atoms with Crippen molar-refractivity contribution < 1.29 is 0 Å². The standard InChI is InChI=1S/C29H28Si/c1-18-11-10-16-25-27(18)20(3)21(4)29(25)30-28-19(2)17-26-23(14-8-9-15-24(26)28)22-12-6-5-7-13-22/h5-17,23,28-29H,1-4H3. The van der Waals surface area contributed by atoms with Crippen LogP contribution in [0.1, 0.15) is 54.5 Å². The summed E-state index contributed by atoms with van der Waals surface area (Å²) < 4.78 is 0. The van der Waals surface area contributed by atoms with Crippen LogP contribution in [-0.4, -0.2) is 9.52 Å². The topological polar surface area (TPSA) is 0 Å². The van der Waals surface area contributed by atoms with Crippen LogP contribution < -0.4 is 0 Å². The fourth-order valence-corrected chi connectivity index (χ4v) is 7.38. The second-order valence-electron chi connectivity index (χ2n) is 8.81. The molecule has 0 amide bonds. The van der Waals surface area contributed by atoms with Gasteiger partial charge in [0.05, 0.1) is 9.52 Å². The highest BCUT2D eigenvalue weighted by atomic mass is 28.2. The Balaban J connectivity index is 1.54. The van der Waals surface area contributed by atoms with Gasteiger partial charge in [-0.25, -0.2) is 0 Å². The van der Waals surface area contributed by atoms with Crippen molar-refractivity contribution in [3.63, 3.8) is 0 Å². The van der Waals surface area contributed by atoms with Crippen LogP contribution in [0.4, 0.5) is 0 Å². The van der Waals surface area contributed by atoms with E-state index in [1.807, 2.05) is 0 Å². The van der Waals surface area contributed by atoms with Crippen molar-refractivity contribution in [3.8, 4) is 0 Å². The smallest absolute Gasteiger partial charge is 0.0677 e. The van der Waals surface area contributed by atoms with E-state index in [-0.39, 0.29) is 0 Å². The van der Waals surface area contributed by atoms with Crippen LogP contribution in [0.2, 0.25) is 5.54 Å². The molecule has 3 aliphatic rings. The lowest BCUT2D eigenvalue weighted by Gasteiger charge is -2.22. The zero-order valence-corrected chi connectivity index (χ0v) is 19.2. The molecule has 0 heterocycles. The molecular formula is C29H28Si. The lowest BCUT2D eigenvalue weighted by atomic mass is 9.90. The van der Waals surface area contributed by atoms with Crippen LogP contribution in [0, 0.1) is 6.92 Å². The number of benzene rings is 2. The molecule has 0 nitrogen and oxygen atoms in total. The molecule has 0 spiro atoms. The molecule has 148 valence electrons. The molecule has 1 heteroatoms. The van der Waals surface area contributed by atoms with Gasteiger partial charge in [-0.05, 0) is 77.8 Å². The molecule has 5 rings (SSSR count). The van der Waals surface area contributed by atoms with E-state index in [9.17, 15) is 0 Å². The fourth-order valence-electron chi connectivity index (χ4n) is 5.37. The van der Waals surface area contributed by atoms with Crippen LogP contribution in [0.15, 0.2) is 101 Å². The van der Waals surface area contributed by atoms with E-state index in [0.717, 1.165) is 9.52 Å². The normalized spacial score (nSPS) is 24.8. The third-order valence-corrected chi connectivity index (χ3v) is 9.19. The highest BCUT2D eigenvalue weighted by Crippen LogP contribution is 2.49. The minimum Gasteiger partial charge on any atom is -0.0726 e. The molecule has 3 unspecified atom stereocenters. The van der Waals surface area contributed by atoms with Crippen molar-refractivity contribution in [2.45, 2.75) is 44.7 Å². The first-order valence-corrected chi connectivity index (χ1v) is 12.1. The van der Waals surface area contributed by atoms with E-state index >= 15 is 0 Å². The molecule has 0 N–H and O–H groups in total. The van der Waals surface area contributed by atoms with E-state index in [1.54, 1.807) is 11.1 Å². The van der Waals surface area contributed by atoms with Crippen molar-refractivity contribution >= 4 is 15.1 Å². The summed E-state index contributed by atoms with van der Waals surface area (Å²) in [6.07, 6.45) is 11.7. The molecule has 2 radical (unpaired) electrons. The van der Waals surface area contributed by atoms with E-state index < -0.39 is 0 Å². The van der Waals surface area contributed by atoms with Gasteiger partial charge >= 0.3 is 0 Å². The van der Waals surface area contributed by atoms with Crippen LogP contribution in [-0.2, 0) is 0 Å². The molecule has 2 aromatic rings. The van der Waals surface area contributed by atoms with E-state index in [0.29, 0.717) is 17.0 Å². The summed E-state index contributed by atoms with van der Waals surface area (Å²) in [6, 6.07) is 17.8. The first-order valence-electron chi connectivity index (χ1n) is 10.9. The number of hydrogen-bond acceptors (Lipinski definition) is 0. The molecule has 3 atom stereocenters. The Morgan fingerprint density at radius 1 is 0.767 bits per heavy atom. The molecular weight excluding hydrogens is 376 g/mol. The SMILES string of the molecule is CC1=CC2=C(C=CC=CC2c2ccccc2)C1[Si]C1C(C)=C(C)c2c(C)cccc21. The van der Waals surface area contributed by atoms with Gasteiger partial charge < -0.3 is 0 Å².